The molecule has 3 rings (SSSR count). The van der Waals surface area contributed by atoms with Crippen molar-refractivity contribution in [1.29, 1.82) is 0 Å². The molecule has 1 aromatic carbocycles. The number of hydrogen-bond acceptors (Lipinski definition) is 4. The number of rotatable bonds is 6. The summed E-state index contributed by atoms with van der Waals surface area (Å²) in [5.41, 5.74) is 2.02. The second-order valence-corrected chi connectivity index (χ2v) is 5.91. The van der Waals surface area contributed by atoms with E-state index in [0.717, 1.165) is 23.9 Å². The SMILES string of the molecule is CNCCCn1c(=O)c2c(CCO)[nH]nc2c2cc(Cl)ccc21. The number of nitrogens with zero attached hydrogens (tertiary/aromatic N) is 2. The van der Waals surface area contributed by atoms with Crippen LogP contribution in [-0.2, 0) is 13.0 Å². The number of benzene rings is 1. The van der Waals surface area contributed by atoms with Crippen LogP contribution in [0.1, 0.15) is 12.1 Å². The highest BCUT2D eigenvalue weighted by Crippen LogP contribution is 2.26. The number of aryl methyl sites for hydroxylation is 1. The molecule has 23 heavy (non-hydrogen) atoms. The molecule has 0 fully saturated rings. The third-order valence-electron chi connectivity index (χ3n) is 3.98. The average Bonchev–Trinajstić information content (AvgIpc) is 2.95. The summed E-state index contributed by atoms with van der Waals surface area (Å²) in [6.45, 7) is 1.40. The van der Waals surface area contributed by atoms with Crippen LogP contribution >= 0.6 is 11.6 Å². The van der Waals surface area contributed by atoms with Crippen LogP contribution in [0.2, 0.25) is 5.02 Å². The van der Waals surface area contributed by atoms with Crippen LogP contribution in [0.4, 0.5) is 0 Å². The lowest BCUT2D eigenvalue weighted by Crippen LogP contribution is -2.23. The van der Waals surface area contributed by atoms with Gasteiger partial charge >= 0.3 is 0 Å². The maximum Gasteiger partial charge on any atom is 0.262 e. The van der Waals surface area contributed by atoms with Crippen LogP contribution in [0, 0.1) is 0 Å². The molecular formula is C16H19ClN4O2. The summed E-state index contributed by atoms with van der Waals surface area (Å²) in [4.78, 5) is 12.9. The lowest BCUT2D eigenvalue weighted by molar-refractivity contribution is 0.298. The summed E-state index contributed by atoms with van der Waals surface area (Å²) in [6, 6.07) is 5.47. The molecule has 7 heteroatoms. The summed E-state index contributed by atoms with van der Waals surface area (Å²) < 4.78 is 1.77. The van der Waals surface area contributed by atoms with E-state index in [0.29, 0.717) is 34.6 Å². The molecule has 6 nitrogen and oxygen atoms in total. The maximum absolute atomic E-state index is 12.9. The minimum absolute atomic E-state index is 0.0376. The molecule has 0 spiro atoms. The highest BCUT2D eigenvalue weighted by Gasteiger charge is 2.17. The van der Waals surface area contributed by atoms with Crippen molar-refractivity contribution in [1.82, 2.24) is 20.1 Å². The van der Waals surface area contributed by atoms with Crippen LogP contribution in [-0.4, -0.2) is 40.1 Å². The molecular weight excluding hydrogens is 316 g/mol. The number of aromatic amines is 1. The van der Waals surface area contributed by atoms with Gasteiger partial charge in [0.2, 0.25) is 0 Å². The van der Waals surface area contributed by atoms with Crippen molar-refractivity contribution in [3.63, 3.8) is 0 Å². The van der Waals surface area contributed by atoms with Gasteiger partial charge in [0.1, 0.15) is 5.52 Å². The van der Waals surface area contributed by atoms with E-state index in [2.05, 4.69) is 15.5 Å². The Morgan fingerprint density at radius 2 is 2.26 bits per heavy atom. The Morgan fingerprint density at radius 3 is 3.00 bits per heavy atom. The first-order valence-electron chi connectivity index (χ1n) is 7.62. The van der Waals surface area contributed by atoms with E-state index in [-0.39, 0.29) is 12.2 Å². The maximum atomic E-state index is 12.9. The Kier molecular flexibility index (Phi) is 4.66. The number of fused-ring (bicyclic) bond motifs is 3. The summed E-state index contributed by atoms with van der Waals surface area (Å²) in [5.74, 6) is 0. The van der Waals surface area contributed by atoms with Gasteiger partial charge in [-0.3, -0.25) is 9.89 Å². The van der Waals surface area contributed by atoms with E-state index >= 15 is 0 Å². The largest absolute Gasteiger partial charge is 0.396 e. The summed E-state index contributed by atoms with van der Waals surface area (Å²) in [7, 11) is 1.89. The first kappa shape index (κ1) is 16.0. The minimum atomic E-state index is -0.0804. The number of halogens is 1. The molecule has 122 valence electrons. The fourth-order valence-electron chi connectivity index (χ4n) is 2.91. The van der Waals surface area contributed by atoms with Gasteiger partial charge in [0.15, 0.2) is 0 Å². The number of pyridine rings is 1. The number of nitrogens with one attached hydrogen (secondary N) is 2. The molecule has 0 atom stereocenters. The topological polar surface area (TPSA) is 82.9 Å². The lowest BCUT2D eigenvalue weighted by Gasteiger charge is -2.11. The molecule has 0 saturated carbocycles. The van der Waals surface area contributed by atoms with Gasteiger partial charge in [-0.2, -0.15) is 5.10 Å². The average molecular weight is 335 g/mol. The van der Waals surface area contributed by atoms with Gasteiger partial charge in [-0.15, -0.1) is 0 Å². The molecule has 0 amide bonds. The third-order valence-corrected chi connectivity index (χ3v) is 4.21. The molecule has 0 aliphatic heterocycles. The van der Waals surface area contributed by atoms with Crippen molar-refractivity contribution in [2.75, 3.05) is 20.2 Å². The highest BCUT2D eigenvalue weighted by molar-refractivity contribution is 6.31. The Morgan fingerprint density at radius 1 is 1.43 bits per heavy atom. The van der Waals surface area contributed by atoms with Crippen LogP contribution in [0.3, 0.4) is 0 Å². The number of aliphatic hydroxyl groups is 1. The molecule has 3 N–H and O–H groups in total. The fourth-order valence-corrected chi connectivity index (χ4v) is 3.08. The Bertz CT molecular complexity index is 900. The Balaban J connectivity index is 2.30. The van der Waals surface area contributed by atoms with Gasteiger partial charge in [0.25, 0.3) is 5.56 Å². The molecule has 3 aromatic rings. The van der Waals surface area contributed by atoms with Crippen LogP contribution in [0.15, 0.2) is 23.0 Å². The zero-order chi connectivity index (χ0) is 16.4. The quantitative estimate of drug-likeness (QED) is 0.599. The Labute approximate surface area is 138 Å². The molecule has 0 bridgehead atoms. The van der Waals surface area contributed by atoms with Crippen molar-refractivity contribution in [3.8, 4) is 0 Å². The number of H-pyrrole nitrogens is 1. The predicted octanol–water partition coefficient (Wildman–Crippen LogP) is 1.68. The molecule has 0 unspecified atom stereocenters. The molecule has 0 saturated heterocycles. The van der Waals surface area contributed by atoms with E-state index in [4.69, 9.17) is 11.6 Å². The predicted molar refractivity (Wildman–Crippen MR) is 92.2 cm³/mol. The summed E-state index contributed by atoms with van der Waals surface area (Å²) in [5, 5.41) is 21.4. The monoisotopic (exact) mass is 334 g/mol. The van der Waals surface area contributed by atoms with Crippen LogP contribution in [0.5, 0.6) is 0 Å². The zero-order valence-electron chi connectivity index (χ0n) is 12.9. The van der Waals surface area contributed by atoms with Gasteiger partial charge < -0.3 is 15.0 Å². The fraction of sp³-hybridized carbons (Fsp3) is 0.375. The molecule has 0 radical (unpaired) electrons. The van der Waals surface area contributed by atoms with E-state index in [1.54, 1.807) is 10.6 Å². The highest BCUT2D eigenvalue weighted by atomic mass is 35.5. The van der Waals surface area contributed by atoms with E-state index in [1.165, 1.54) is 0 Å². The lowest BCUT2D eigenvalue weighted by atomic mass is 10.1. The molecule has 0 aliphatic rings. The number of aliphatic hydroxyl groups excluding tert-OH is 1. The van der Waals surface area contributed by atoms with Gasteiger partial charge in [-0.05, 0) is 38.2 Å². The first-order chi connectivity index (χ1) is 11.2. The molecule has 2 aromatic heterocycles. The molecule has 0 aliphatic carbocycles. The third kappa shape index (κ3) is 2.85. The van der Waals surface area contributed by atoms with Crippen molar-refractivity contribution < 1.29 is 5.11 Å². The number of hydrogen-bond donors (Lipinski definition) is 3. The van der Waals surface area contributed by atoms with E-state index in [9.17, 15) is 9.90 Å². The van der Waals surface area contributed by atoms with Gasteiger partial charge in [-0.1, -0.05) is 11.6 Å². The van der Waals surface area contributed by atoms with Crippen molar-refractivity contribution in [2.24, 2.45) is 0 Å². The first-order valence-corrected chi connectivity index (χ1v) is 7.99. The van der Waals surface area contributed by atoms with Crippen LogP contribution < -0.4 is 10.9 Å². The van der Waals surface area contributed by atoms with Gasteiger partial charge in [0, 0.05) is 30.0 Å². The standard InChI is InChI=1S/C16H19ClN4O2/c1-18-6-2-7-21-13-4-3-10(17)9-11(13)15-14(16(21)23)12(5-8-22)19-20-15/h3-4,9,18,22H,2,5-8H2,1H3,(H,19,20). The van der Waals surface area contributed by atoms with Crippen molar-refractivity contribution in [2.45, 2.75) is 19.4 Å². The summed E-state index contributed by atoms with van der Waals surface area (Å²) >= 11 is 6.13. The normalized spacial score (nSPS) is 11.6. The Hall–Kier alpha value is -1.89. The van der Waals surface area contributed by atoms with Crippen LogP contribution in [0.25, 0.3) is 21.8 Å². The molecule has 2 heterocycles. The van der Waals surface area contributed by atoms with E-state index < -0.39 is 0 Å². The van der Waals surface area contributed by atoms with Crippen molar-refractivity contribution >= 4 is 33.4 Å². The summed E-state index contributed by atoms with van der Waals surface area (Å²) in [6.07, 6.45) is 1.21. The van der Waals surface area contributed by atoms with Gasteiger partial charge in [0.05, 0.1) is 16.6 Å². The van der Waals surface area contributed by atoms with Crippen molar-refractivity contribution in [3.05, 3.63) is 39.3 Å². The second-order valence-electron chi connectivity index (χ2n) is 5.47. The minimum Gasteiger partial charge on any atom is -0.396 e. The van der Waals surface area contributed by atoms with Gasteiger partial charge in [-0.25, -0.2) is 0 Å². The second kappa shape index (κ2) is 6.70. The zero-order valence-corrected chi connectivity index (χ0v) is 13.7. The van der Waals surface area contributed by atoms with E-state index in [1.807, 2.05) is 19.2 Å². The number of aromatic nitrogens is 3. The smallest absolute Gasteiger partial charge is 0.262 e.